The molecule has 0 fully saturated rings. The zero-order chi connectivity index (χ0) is 20.6. The minimum absolute atomic E-state index is 0.00471. The lowest BCUT2D eigenvalue weighted by Crippen LogP contribution is -2.16. The molecule has 0 spiro atoms. The topological polar surface area (TPSA) is 112 Å². The maximum absolute atomic E-state index is 12.9. The number of hydrogen-bond donors (Lipinski definition) is 2. The van der Waals surface area contributed by atoms with Gasteiger partial charge in [0.05, 0.1) is 0 Å². The van der Waals surface area contributed by atoms with E-state index in [1.807, 2.05) is 31.2 Å². The molecule has 0 aliphatic carbocycles. The fraction of sp³-hybridized carbons (Fsp3) is 0.200. The molecule has 0 saturated carbocycles. The maximum atomic E-state index is 12.9. The first-order chi connectivity index (χ1) is 14.0. The number of carbonyl (C=O) groups is 1. The van der Waals surface area contributed by atoms with Crippen molar-refractivity contribution < 1.29 is 18.7 Å². The first kappa shape index (κ1) is 20.0. The van der Waals surface area contributed by atoms with E-state index in [9.17, 15) is 9.18 Å². The third-order valence-electron chi connectivity index (χ3n) is 3.88. The summed E-state index contributed by atoms with van der Waals surface area (Å²) in [4.78, 5) is 24.1. The van der Waals surface area contributed by atoms with Crippen LogP contribution in [0, 0.1) is 5.82 Å². The molecule has 29 heavy (non-hydrogen) atoms. The van der Waals surface area contributed by atoms with E-state index < -0.39 is 11.8 Å². The Morgan fingerprint density at radius 2 is 1.86 bits per heavy atom. The maximum Gasteiger partial charge on any atom is 0.344 e. The highest BCUT2D eigenvalue weighted by atomic mass is 19.1. The number of anilines is 3. The number of carbonyl (C=O) groups excluding carboxylic acids is 1. The number of nitrogens with zero attached hydrogens (tertiary/aromatic N) is 3. The van der Waals surface area contributed by atoms with Crippen LogP contribution in [0.3, 0.4) is 0 Å². The van der Waals surface area contributed by atoms with E-state index in [0.717, 1.165) is 17.7 Å². The molecule has 0 radical (unpaired) electrons. The zero-order valence-corrected chi connectivity index (χ0v) is 15.8. The smallest absolute Gasteiger partial charge is 0.344 e. The minimum atomic E-state index is -0.626. The van der Waals surface area contributed by atoms with E-state index in [1.165, 1.54) is 24.3 Å². The standard InChI is InChI=1S/C20H20FN5O3/c1-2-13-5-3-4-6-16(13)23-20-25-17(24-19(22)26-20)11-29-18(27)12-28-15-9-7-14(21)8-10-15/h3-10H,2,11-12H2,1H3,(H3,22,23,24,25,26). The first-order valence-electron chi connectivity index (χ1n) is 8.93. The number of esters is 1. The van der Waals surface area contributed by atoms with Crippen LogP contribution in [0.15, 0.2) is 48.5 Å². The summed E-state index contributed by atoms with van der Waals surface area (Å²) in [5, 5.41) is 3.11. The van der Waals surface area contributed by atoms with E-state index in [0.29, 0.717) is 5.75 Å². The summed E-state index contributed by atoms with van der Waals surface area (Å²) in [5.41, 5.74) is 7.69. The van der Waals surface area contributed by atoms with Crippen LogP contribution in [0.25, 0.3) is 0 Å². The van der Waals surface area contributed by atoms with Crippen LogP contribution in [0.2, 0.25) is 0 Å². The first-order valence-corrected chi connectivity index (χ1v) is 8.93. The molecule has 8 nitrogen and oxygen atoms in total. The predicted molar refractivity (Wildman–Crippen MR) is 105 cm³/mol. The number of nitrogens with one attached hydrogen (secondary N) is 1. The van der Waals surface area contributed by atoms with E-state index >= 15 is 0 Å². The number of para-hydroxylation sites is 1. The molecule has 1 aromatic heterocycles. The van der Waals surface area contributed by atoms with E-state index in [4.69, 9.17) is 15.2 Å². The van der Waals surface area contributed by atoms with E-state index in [-0.39, 0.29) is 30.9 Å². The molecule has 9 heteroatoms. The molecule has 0 unspecified atom stereocenters. The van der Waals surface area contributed by atoms with Gasteiger partial charge in [-0.25, -0.2) is 9.18 Å². The van der Waals surface area contributed by atoms with Gasteiger partial charge in [-0.1, -0.05) is 25.1 Å². The summed E-state index contributed by atoms with van der Waals surface area (Å²) in [5.74, 6) is -0.201. The monoisotopic (exact) mass is 397 g/mol. The molecular weight excluding hydrogens is 377 g/mol. The van der Waals surface area contributed by atoms with Gasteiger partial charge >= 0.3 is 5.97 Å². The van der Waals surface area contributed by atoms with Gasteiger partial charge in [0.25, 0.3) is 0 Å². The molecule has 0 aliphatic heterocycles. The largest absolute Gasteiger partial charge is 0.482 e. The molecule has 3 N–H and O–H groups in total. The lowest BCUT2D eigenvalue weighted by molar-refractivity contribution is -0.147. The average molecular weight is 397 g/mol. The van der Waals surface area contributed by atoms with Crippen molar-refractivity contribution in [1.82, 2.24) is 15.0 Å². The SMILES string of the molecule is CCc1ccccc1Nc1nc(N)nc(COC(=O)COc2ccc(F)cc2)n1. The molecule has 2 aromatic carbocycles. The third kappa shape index (κ3) is 5.86. The van der Waals surface area contributed by atoms with Crippen LogP contribution in [0.4, 0.5) is 22.0 Å². The number of halogens is 1. The van der Waals surface area contributed by atoms with Crippen LogP contribution in [-0.2, 0) is 22.6 Å². The zero-order valence-electron chi connectivity index (χ0n) is 15.8. The van der Waals surface area contributed by atoms with Gasteiger partial charge in [-0.3, -0.25) is 0 Å². The lowest BCUT2D eigenvalue weighted by Gasteiger charge is -2.11. The van der Waals surface area contributed by atoms with Gasteiger partial charge in [0, 0.05) is 5.69 Å². The Morgan fingerprint density at radius 1 is 1.10 bits per heavy atom. The molecule has 1 heterocycles. The highest BCUT2D eigenvalue weighted by Crippen LogP contribution is 2.19. The average Bonchev–Trinajstić information content (AvgIpc) is 2.72. The number of rotatable bonds is 8. The van der Waals surface area contributed by atoms with Crippen molar-refractivity contribution in [2.24, 2.45) is 0 Å². The van der Waals surface area contributed by atoms with Crippen molar-refractivity contribution in [2.75, 3.05) is 17.7 Å². The molecule has 0 amide bonds. The molecule has 3 rings (SSSR count). The minimum Gasteiger partial charge on any atom is -0.482 e. The normalized spacial score (nSPS) is 10.4. The van der Waals surface area contributed by atoms with Gasteiger partial charge in [0.2, 0.25) is 11.9 Å². The van der Waals surface area contributed by atoms with Crippen LogP contribution < -0.4 is 15.8 Å². The Morgan fingerprint density at radius 3 is 2.62 bits per heavy atom. The van der Waals surface area contributed by atoms with Crippen molar-refractivity contribution in [2.45, 2.75) is 20.0 Å². The van der Waals surface area contributed by atoms with E-state index in [1.54, 1.807) is 0 Å². The number of ether oxygens (including phenoxy) is 2. The van der Waals surface area contributed by atoms with Gasteiger partial charge in [-0.2, -0.15) is 15.0 Å². The molecule has 3 aromatic rings. The van der Waals surface area contributed by atoms with Crippen molar-refractivity contribution in [1.29, 1.82) is 0 Å². The highest BCUT2D eigenvalue weighted by molar-refractivity contribution is 5.71. The van der Waals surface area contributed by atoms with Gasteiger partial charge in [-0.15, -0.1) is 0 Å². The molecule has 0 atom stereocenters. The van der Waals surface area contributed by atoms with Crippen molar-refractivity contribution in [3.05, 3.63) is 65.7 Å². The van der Waals surface area contributed by atoms with Crippen molar-refractivity contribution in [3.8, 4) is 5.75 Å². The summed E-state index contributed by atoms with van der Waals surface area (Å²) < 4.78 is 23.2. The van der Waals surface area contributed by atoms with Gasteiger partial charge in [0.1, 0.15) is 11.6 Å². The molecule has 0 aliphatic rings. The van der Waals surface area contributed by atoms with Crippen LogP contribution in [-0.4, -0.2) is 27.5 Å². The quantitative estimate of drug-likeness (QED) is 0.558. The Kier molecular flexibility index (Phi) is 6.51. The predicted octanol–water partition coefficient (Wildman–Crippen LogP) is 3.02. The van der Waals surface area contributed by atoms with Crippen molar-refractivity contribution >= 4 is 23.6 Å². The Balaban J connectivity index is 1.58. The second-order valence-corrected chi connectivity index (χ2v) is 5.97. The Hall–Kier alpha value is -3.75. The number of aromatic nitrogens is 3. The van der Waals surface area contributed by atoms with Gasteiger partial charge in [0.15, 0.2) is 19.0 Å². The summed E-state index contributed by atoms with van der Waals surface area (Å²) in [6.07, 6.45) is 0.836. The van der Waals surface area contributed by atoms with E-state index in [2.05, 4.69) is 20.3 Å². The van der Waals surface area contributed by atoms with Crippen LogP contribution in [0.1, 0.15) is 18.3 Å². The number of nitrogen functional groups attached to an aromatic ring is 1. The fourth-order valence-corrected chi connectivity index (χ4v) is 2.49. The fourth-order valence-electron chi connectivity index (χ4n) is 2.49. The molecule has 0 saturated heterocycles. The second-order valence-electron chi connectivity index (χ2n) is 5.97. The molecule has 150 valence electrons. The summed E-state index contributed by atoms with van der Waals surface area (Å²) in [6.45, 7) is 1.52. The second kappa shape index (κ2) is 9.45. The van der Waals surface area contributed by atoms with Crippen molar-refractivity contribution in [3.63, 3.8) is 0 Å². The van der Waals surface area contributed by atoms with Gasteiger partial charge in [-0.05, 0) is 42.3 Å². The van der Waals surface area contributed by atoms with Crippen LogP contribution in [0.5, 0.6) is 5.75 Å². The molecule has 0 bridgehead atoms. The highest BCUT2D eigenvalue weighted by Gasteiger charge is 2.10. The molecular formula is C20H20FN5O3. The third-order valence-corrected chi connectivity index (χ3v) is 3.88. The van der Waals surface area contributed by atoms with Gasteiger partial charge < -0.3 is 20.5 Å². The number of aryl methyl sites for hydroxylation is 1. The Labute approximate surface area is 166 Å². The number of nitrogens with two attached hydrogens (primary N) is 1. The Bertz CT molecular complexity index is 982. The number of benzene rings is 2. The number of hydrogen-bond acceptors (Lipinski definition) is 8. The summed E-state index contributed by atoms with van der Waals surface area (Å²) in [6, 6.07) is 13.1. The van der Waals surface area contributed by atoms with Crippen LogP contribution >= 0.6 is 0 Å². The summed E-state index contributed by atoms with van der Waals surface area (Å²) in [7, 11) is 0. The lowest BCUT2D eigenvalue weighted by atomic mass is 10.1. The summed E-state index contributed by atoms with van der Waals surface area (Å²) >= 11 is 0.